The Kier molecular flexibility index (Phi) is 4.98. The van der Waals surface area contributed by atoms with Gasteiger partial charge in [-0.05, 0) is 32.0 Å². The summed E-state index contributed by atoms with van der Waals surface area (Å²) >= 11 is 0. The molecule has 142 valence electrons. The van der Waals surface area contributed by atoms with Crippen LogP contribution in [0.5, 0.6) is 5.75 Å². The van der Waals surface area contributed by atoms with Gasteiger partial charge < -0.3 is 14.6 Å². The summed E-state index contributed by atoms with van der Waals surface area (Å²) in [4.78, 5) is 12.3. The van der Waals surface area contributed by atoms with Gasteiger partial charge in [0.05, 0.1) is 11.7 Å². The Morgan fingerprint density at radius 1 is 1.15 bits per heavy atom. The van der Waals surface area contributed by atoms with Crippen LogP contribution in [0, 0.1) is 0 Å². The number of halogens is 3. The second kappa shape index (κ2) is 7.22. The molecule has 2 aromatic heterocycles. The lowest BCUT2D eigenvalue weighted by Crippen LogP contribution is -2.13. The fourth-order valence-electron chi connectivity index (χ4n) is 2.36. The molecule has 0 fully saturated rings. The fourth-order valence-corrected chi connectivity index (χ4v) is 2.36. The molecule has 0 aliphatic heterocycles. The van der Waals surface area contributed by atoms with Crippen LogP contribution in [-0.2, 0) is 6.18 Å². The quantitative estimate of drug-likeness (QED) is 0.716. The molecule has 27 heavy (non-hydrogen) atoms. The average Bonchev–Trinajstić information content (AvgIpc) is 3.10. The molecule has 2 heterocycles. The SMILES string of the molecule is CNc1nccnc1-c1noc(-c2ccc(OC(C)C)c(C(F)(F)F)c2)n1. The van der Waals surface area contributed by atoms with Crippen molar-refractivity contribution in [3.8, 4) is 28.7 Å². The van der Waals surface area contributed by atoms with Gasteiger partial charge in [-0.25, -0.2) is 9.97 Å². The molecule has 0 aliphatic carbocycles. The number of nitrogens with zero attached hydrogens (tertiary/aromatic N) is 4. The molecule has 1 N–H and O–H groups in total. The van der Waals surface area contributed by atoms with Crippen LogP contribution in [-0.4, -0.2) is 33.3 Å². The van der Waals surface area contributed by atoms with E-state index in [1.807, 2.05) is 0 Å². The molecule has 0 saturated carbocycles. The number of aromatic nitrogens is 4. The van der Waals surface area contributed by atoms with Gasteiger partial charge in [-0.15, -0.1) is 0 Å². The highest BCUT2D eigenvalue weighted by molar-refractivity contribution is 5.67. The van der Waals surface area contributed by atoms with Crippen LogP contribution in [0.1, 0.15) is 19.4 Å². The van der Waals surface area contributed by atoms with E-state index in [2.05, 4.69) is 25.4 Å². The van der Waals surface area contributed by atoms with Gasteiger partial charge in [0.1, 0.15) is 5.75 Å². The van der Waals surface area contributed by atoms with E-state index >= 15 is 0 Å². The molecule has 0 amide bonds. The van der Waals surface area contributed by atoms with Gasteiger partial charge in [-0.1, -0.05) is 5.16 Å². The monoisotopic (exact) mass is 379 g/mol. The minimum absolute atomic E-state index is 0.0701. The summed E-state index contributed by atoms with van der Waals surface area (Å²) in [5.41, 5.74) is -0.471. The first-order chi connectivity index (χ1) is 12.8. The number of hydrogen-bond acceptors (Lipinski definition) is 7. The molecule has 3 aromatic rings. The topological polar surface area (TPSA) is 86.0 Å². The Balaban J connectivity index is 2.01. The second-order valence-electron chi connectivity index (χ2n) is 5.80. The smallest absolute Gasteiger partial charge is 0.419 e. The minimum Gasteiger partial charge on any atom is -0.490 e. The molecule has 0 aliphatic rings. The van der Waals surface area contributed by atoms with E-state index < -0.39 is 17.8 Å². The van der Waals surface area contributed by atoms with Gasteiger partial charge >= 0.3 is 6.18 Å². The third-order valence-electron chi connectivity index (χ3n) is 3.47. The molecule has 0 bridgehead atoms. The zero-order chi connectivity index (χ0) is 19.6. The third-order valence-corrected chi connectivity index (χ3v) is 3.47. The van der Waals surface area contributed by atoms with Gasteiger partial charge in [0.15, 0.2) is 11.5 Å². The summed E-state index contributed by atoms with van der Waals surface area (Å²) in [5, 5.41) is 6.63. The van der Waals surface area contributed by atoms with Crippen molar-refractivity contribution in [2.45, 2.75) is 26.1 Å². The molecule has 7 nitrogen and oxygen atoms in total. The van der Waals surface area contributed by atoms with E-state index in [1.165, 1.54) is 24.5 Å². The van der Waals surface area contributed by atoms with Crippen LogP contribution in [0.4, 0.5) is 19.0 Å². The van der Waals surface area contributed by atoms with Gasteiger partial charge in [0.2, 0.25) is 5.82 Å². The number of benzene rings is 1. The summed E-state index contributed by atoms with van der Waals surface area (Å²) in [7, 11) is 1.65. The highest BCUT2D eigenvalue weighted by atomic mass is 19.4. The summed E-state index contributed by atoms with van der Waals surface area (Å²) < 4.78 is 50.6. The first kappa shape index (κ1) is 18.6. The number of ether oxygens (including phenoxy) is 1. The molecule has 0 radical (unpaired) electrons. The molecule has 0 atom stereocenters. The number of alkyl halides is 3. The summed E-state index contributed by atoms with van der Waals surface area (Å²) in [5.74, 6) is 0.201. The number of hydrogen-bond donors (Lipinski definition) is 1. The largest absolute Gasteiger partial charge is 0.490 e. The van der Waals surface area contributed by atoms with Gasteiger partial charge in [-0.2, -0.15) is 18.2 Å². The summed E-state index contributed by atoms with van der Waals surface area (Å²) in [6.07, 6.45) is -2.05. The Morgan fingerprint density at radius 2 is 1.89 bits per heavy atom. The van der Waals surface area contributed by atoms with Crippen molar-refractivity contribution in [1.82, 2.24) is 20.1 Å². The molecule has 1 aromatic carbocycles. The van der Waals surface area contributed by atoms with E-state index in [1.54, 1.807) is 20.9 Å². The first-order valence-corrected chi connectivity index (χ1v) is 8.00. The molecule has 0 saturated heterocycles. The lowest BCUT2D eigenvalue weighted by molar-refractivity contribution is -0.139. The van der Waals surface area contributed by atoms with Crippen LogP contribution in [0.25, 0.3) is 23.0 Å². The maximum atomic E-state index is 13.4. The normalized spacial score (nSPS) is 11.7. The van der Waals surface area contributed by atoms with Crippen LogP contribution < -0.4 is 10.1 Å². The van der Waals surface area contributed by atoms with Crippen molar-refractivity contribution in [3.05, 3.63) is 36.2 Å². The van der Waals surface area contributed by atoms with Crippen LogP contribution >= 0.6 is 0 Å². The predicted molar refractivity (Wildman–Crippen MR) is 91.1 cm³/mol. The average molecular weight is 379 g/mol. The number of anilines is 1. The summed E-state index contributed by atoms with van der Waals surface area (Å²) in [6.45, 7) is 3.30. The van der Waals surface area contributed by atoms with Crippen LogP contribution in [0.2, 0.25) is 0 Å². The Hall–Kier alpha value is -3.17. The van der Waals surface area contributed by atoms with Crippen molar-refractivity contribution in [2.24, 2.45) is 0 Å². The van der Waals surface area contributed by atoms with E-state index in [-0.39, 0.29) is 23.0 Å². The molecule has 3 rings (SSSR count). The highest BCUT2D eigenvalue weighted by Gasteiger charge is 2.35. The van der Waals surface area contributed by atoms with Crippen LogP contribution in [0.15, 0.2) is 35.1 Å². The molecule has 10 heteroatoms. The Morgan fingerprint density at radius 3 is 2.56 bits per heavy atom. The van der Waals surface area contributed by atoms with Crippen molar-refractivity contribution < 1.29 is 22.4 Å². The van der Waals surface area contributed by atoms with E-state index in [0.717, 1.165) is 6.07 Å². The second-order valence-corrected chi connectivity index (χ2v) is 5.80. The fraction of sp³-hybridized carbons (Fsp3) is 0.294. The third kappa shape index (κ3) is 3.99. The summed E-state index contributed by atoms with van der Waals surface area (Å²) in [6, 6.07) is 3.59. The van der Waals surface area contributed by atoms with Gasteiger partial charge in [0.25, 0.3) is 5.89 Å². The zero-order valence-corrected chi connectivity index (χ0v) is 14.7. The van der Waals surface area contributed by atoms with E-state index in [9.17, 15) is 13.2 Å². The molecular weight excluding hydrogens is 363 g/mol. The number of rotatable bonds is 5. The maximum Gasteiger partial charge on any atom is 0.419 e. The van der Waals surface area contributed by atoms with Crippen molar-refractivity contribution >= 4 is 5.82 Å². The Labute approximate surface area is 152 Å². The first-order valence-electron chi connectivity index (χ1n) is 8.00. The highest BCUT2D eigenvalue weighted by Crippen LogP contribution is 2.39. The molecule has 0 spiro atoms. The van der Waals surface area contributed by atoms with Crippen molar-refractivity contribution in [1.29, 1.82) is 0 Å². The maximum absolute atomic E-state index is 13.4. The van der Waals surface area contributed by atoms with Crippen LogP contribution in [0.3, 0.4) is 0 Å². The minimum atomic E-state index is -4.59. The predicted octanol–water partition coefficient (Wildman–Crippen LogP) is 4.04. The lowest BCUT2D eigenvalue weighted by atomic mass is 10.1. The van der Waals surface area contributed by atoms with Crippen molar-refractivity contribution in [3.63, 3.8) is 0 Å². The standard InChI is InChI=1S/C17H16F3N5O2/c1-9(2)26-12-5-4-10(8-11(12)17(18,19)20)16-24-15(25-27-16)13-14(21-3)23-7-6-22-13/h4-9H,1-3H3,(H,21,23). The lowest BCUT2D eigenvalue weighted by Gasteiger charge is -2.16. The number of nitrogens with one attached hydrogen (secondary N) is 1. The van der Waals surface area contributed by atoms with Gasteiger partial charge in [0, 0.05) is 25.0 Å². The van der Waals surface area contributed by atoms with Crippen molar-refractivity contribution in [2.75, 3.05) is 12.4 Å². The zero-order valence-electron chi connectivity index (χ0n) is 14.7. The van der Waals surface area contributed by atoms with E-state index in [4.69, 9.17) is 9.26 Å². The molecular formula is C17H16F3N5O2. The Bertz CT molecular complexity index is 940. The van der Waals surface area contributed by atoms with Gasteiger partial charge in [-0.3, -0.25) is 0 Å². The van der Waals surface area contributed by atoms with E-state index in [0.29, 0.717) is 11.5 Å². The molecule has 0 unspecified atom stereocenters.